The summed E-state index contributed by atoms with van der Waals surface area (Å²) in [6.45, 7) is 4.47. The molecule has 0 radical (unpaired) electrons. The SMILES string of the molecule is CCOc1cc(C(=O)N2CC3CCC2COC3)ccc1C(=O)NC[C@@H](O)CCc1ccc(O)cc1CN. The molecule has 3 atom stereocenters. The number of rotatable bonds is 10. The molecule has 200 valence electrons. The molecule has 5 N–H and O–H groups in total. The van der Waals surface area contributed by atoms with Gasteiger partial charge in [-0.3, -0.25) is 9.59 Å². The van der Waals surface area contributed by atoms with Gasteiger partial charge in [0.1, 0.15) is 11.5 Å². The van der Waals surface area contributed by atoms with E-state index in [-0.39, 0.29) is 30.2 Å². The zero-order chi connectivity index (χ0) is 26.4. The number of aryl methyl sites for hydroxylation is 1. The Morgan fingerprint density at radius 3 is 2.81 bits per heavy atom. The number of ether oxygens (including phenoxy) is 2. The van der Waals surface area contributed by atoms with Crippen LogP contribution in [0, 0.1) is 5.92 Å². The number of hydrogen-bond acceptors (Lipinski definition) is 7. The molecule has 2 aromatic carbocycles. The molecule has 0 saturated carbocycles. The van der Waals surface area contributed by atoms with Gasteiger partial charge in [0.2, 0.25) is 0 Å². The predicted molar refractivity (Wildman–Crippen MR) is 139 cm³/mol. The third kappa shape index (κ3) is 6.60. The Labute approximate surface area is 217 Å². The molecule has 9 nitrogen and oxygen atoms in total. The Morgan fingerprint density at radius 1 is 1.19 bits per heavy atom. The van der Waals surface area contributed by atoms with E-state index in [0.29, 0.717) is 68.5 Å². The quantitative estimate of drug-likeness (QED) is 0.384. The lowest BCUT2D eigenvalue weighted by Gasteiger charge is -2.35. The number of hydrogen-bond donors (Lipinski definition) is 4. The highest BCUT2D eigenvalue weighted by Gasteiger charge is 2.35. The minimum Gasteiger partial charge on any atom is -0.508 e. The lowest BCUT2D eigenvalue weighted by Crippen LogP contribution is -2.46. The molecule has 5 rings (SSSR count). The van der Waals surface area contributed by atoms with Gasteiger partial charge in [0.05, 0.1) is 37.5 Å². The number of carbonyl (C=O) groups excluding carboxylic acids is 2. The first-order valence-electron chi connectivity index (χ1n) is 13.0. The molecule has 0 aliphatic carbocycles. The summed E-state index contributed by atoms with van der Waals surface area (Å²) in [7, 11) is 0. The van der Waals surface area contributed by atoms with Gasteiger partial charge < -0.3 is 35.6 Å². The van der Waals surface area contributed by atoms with Crippen LogP contribution in [0.4, 0.5) is 0 Å². The molecule has 3 saturated heterocycles. The van der Waals surface area contributed by atoms with Crippen LogP contribution in [0.3, 0.4) is 0 Å². The van der Waals surface area contributed by atoms with Crippen LogP contribution in [-0.2, 0) is 17.7 Å². The predicted octanol–water partition coefficient (Wildman–Crippen LogP) is 2.22. The minimum absolute atomic E-state index is 0.0674. The van der Waals surface area contributed by atoms with E-state index in [0.717, 1.165) is 24.0 Å². The maximum atomic E-state index is 13.3. The smallest absolute Gasteiger partial charge is 0.255 e. The van der Waals surface area contributed by atoms with E-state index in [1.165, 1.54) is 0 Å². The lowest BCUT2D eigenvalue weighted by molar-refractivity contribution is 0.0559. The van der Waals surface area contributed by atoms with Crippen LogP contribution in [-0.4, -0.2) is 72.0 Å². The lowest BCUT2D eigenvalue weighted by atomic mass is 9.94. The van der Waals surface area contributed by atoms with Crippen molar-refractivity contribution in [3.05, 3.63) is 58.7 Å². The van der Waals surface area contributed by atoms with Crippen LogP contribution < -0.4 is 15.8 Å². The van der Waals surface area contributed by atoms with Crippen molar-refractivity contribution in [1.82, 2.24) is 10.2 Å². The van der Waals surface area contributed by atoms with Crippen molar-refractivity contribution in [3.63, 3.8) is 0 Å². The fourth-order valence-corrected chi connectivity index (χ4v) is 5.09. The average Bonchev–Trinajstić information content (AvgIpc) is 3.27. The van der Waals surface area contributed by atoms with Crippen molar-refractivity contribution in [3.8, 4) is 11.5 Å². The first-order valence-corrected chi connectivity index (χ1v) is 13.0. The van der Waals surface area contributed by atoms with Crippen LogP contribution in [0.25, 0.3) is 0 Å². The molecule has 9 heteroatoms. The maximum Gasteiger partial charge on any atom is 0.255 e. The molecule has 0 aromatic heterocycles. The molecule has 0 spiro atoms. The van der Waals surface area contributed by atoms with E-state index in [4.69, 9.17) is 15.2 Å². The van der Waals surface area contributed by atoms with Gasteiger partial charge in [0.15, 0.2) is 0 Å². The van der Waals surface area contributed by atoms with Gasteiger partial charge in [0.25, 0.3) is 11.8 Å². The van der Waals surface area contributed by atoms with E-state index in [2.05, 4.69) is 5.32 Å². The molecular formula is C28H37N3O6. The van der Waals surface area contributed by atoms with Crippen molar-refractivity contribution in [1.29, 1.82) is 0 Å². The van der Waals surface area contributed by atoms with Crippen molar-refractivity contribution < 1.29 is 29.3 Å². The molecule has 2 unspecified atom stereocenters. The van der Waals surface area contributed by atoms with Crippen molar-refractivity contribution in [2.24, 2.45) is 11.7 Å². The zero-order valence-corrected chi connectivity index (χ0v) is 21.3. The molecule has 3 fully saturated rings. The summed E-state index contributed by atoms with van der Waals surface area (Å²) in [6, 6.07) is 9.99. The Morgan fingerprint density at radius 2 is 2.03 bits per heavy atom. The van der Waals surface area contributed by atoms with Gasteiger partial charge in [-0.15, -0.1) is 0 Å². The Bertz CT molecular complexity index is 1100. The van der Waals surface area contributed by atoms with Gasteiger partial charge >= 0.3 is 0 Å². The van der Waals surface area contributed by atoms with Gasteiger partial charge in [-0.25, -0.2) is 0 Å². The third-order valence-electron chi connectivity index (χ3n) is 7.16. The molecule has 37 heavy (non-hydrogen) atoms. The second kappa shape index (κ2) is 12.4. The van der Waals surface area contributed by atoms with E-state index < -0.39 is 6.10 Å². The standard InChI is InChI=1S/C28H37N3O6/c1-2-37-26-12-20(28(35)31-15-18-3-7-22(31)17-36-16-18)6-10-25(26)27(34)30-14-24(33)9-5-19-4-8-23(32)11-21(19)13-29/h4,6,8,10-12,18,22,24,32-33H,2-3,5,7,9,13-17,29H2,1H3,(H,30,34)/t18?,22?,24-/m0/s1. The number of phenolic OH excluding ortho intramolecular Hbond substituents is 1. The number of piperidine rings is 1. The first kappa shape index (κ1) is 26.9. The first-order chi connectivity index (χ1) is 17.9. The monoisotopic (exact) mass is 511 g/mol. The average molecular weight is 512 g/mol. The number of nitrogens with zero attached hydrogens (tertiary/aromatic N) is 1. The number of benzene rings is 2. The van der Waals surface area contributed by atoms with Crippen LogP contribution >= 0.6 is 0 Å². The topological polar surface area (TPSA) is 134 Å². The van der Waals surface area contributed by atoms with Crippen LogP contribution in [0.2, 0.25) is 0 Å². The Balaban J connectivity index is 1.37. The second-order valence-corrected chi connectivity index (χ2v) is 9.80. The summed E-state index contributed by atoms with van der Waals surface area (Å²) >= 11 is 0. The maximum absolute atomic E-state index is 13.3. The minimum atomic E-state index is -0.763. The fraction of sp³-hybridized carbons (Fsp3) is 0.500. The molecule has 3 aliphatic rings. The highest BCUT2D eigenvalue weighted by Crippen LogP contribution is 2.29. The van der Waals surface area contributed by atoms with Crippen molar-refractivity contribution >= 4 is 11.8 Å². The summed E-state index contributed by atoms with van der Waals surface area (Å²) in [5, 5.41) is 22.8. The fourth-order valence-electron chi connectivity index (χ4n) is 5.09. The van der Waals surface area contributed by atoms with E-state index in [1.807, 2.05) is 11.8 Å². The zero-order valence-electron chi connectivity index (χ0n) is 21.3. The number of nitrogens with two attached hydrogens (primary N) is 1. The largest absolute Gasteiger partial charge is 0.508 e. The molecule has 3 heterocycles. The molecule has 2 amide bonds. The van der Waals surface area contributed by atoms with Gasteiger partial charge in [0, 0.05) is 25.2 Å². The summed E-state index contributed by atoms with van der Waals surface area (Å²) < 4.78 is 11.4. The Kier molecular flexibility index (Phi) is 9.02. The van der Waals surface area contributed by atoms with E-state index >= 15 is 0 Å². The normalized spacial score (nSPS) is 19.8. The number of aliphatic hydroxyl groups is 1. The molecule has 3 aliphatic heterocycles. The van der Waals surface area contributed by atoms with Crippen molar-refractivity contribution in [2.75, 3.05) is 32.9 Å². The van der Waals surface area contributed by atoms with Crippen LogP contribution in [0.15, 0.2) is 36.4 Å². The number of phenols is 1. The number of aliphatic hydroxyl groups excluding tert-OH is 1. The summed E-state index contributed by atoms with van der Waals surface area (Å²) in [5.74, 6) is 0.405. The third-order valence-corrected chi connectivity index (χ3v) is 7.16. The van der Waals surface area contributed by atoms with Gasteiger partial charge in [-0.05, 0) is 80.0 Å². The summed E-state index contributed by atoms with van der Waals surface area (Å²) in [6.07, 6.45) is 2.24. The van der Waals surface area contributed by atoms with Gasteiger partial charge in [-0.1, -0.05) is 6.07 Å². The molecule has 2 aromatic rings. The summed E-state index contributed by atoms with van der Waals surface area (Å²) in [5.41, 5.74) is 8.33. The molecular weight excluding hydrogens is 474 g/mol. The number of fused-ring (bicyclic) bond motifs is 4. The molecule has 2 bridgehead atoms. The van der Waals surface area contributed by atoms with Crippen LogP contribution in [0.1, 0.15) is 58.0 Å². The highest BCUT2D eigenvalue weighted by atomic mass is 16.5. The second-order valence-electron chi connectivity index (χ2n) is 9.80. The Hall–Kier alpha value is -3.14. The van der Waals surface area contributed by atoms with Crippen LogP contribution in [0.5, 0.6) is 11.5 Å². The van der Waals surface area contributed by atoms with E-state index in [9.17, 15) is 19.8 Å². The van der Waals surface area contributed by atoms with Crippen molar-refractivity contribution in [2.45, 2.75) is 51.3 Å². The van der Waals surface area contributed by atoms with Gasteiger partial charge in [-0.2, -0.15) is 0 Å². The number of nitrogens with one attached hydrogen (secondary N) is 1. The number of amides is 2. The summed E-state index contributed by atoms with van der Waals surface area (Å²) in [4.78, 5) is 28.1. The number of carbonyl (C=O) groups is 2. The highest BCUT2D eigenvalue weighted by molar-refractivity contribution is 6.00. The van der Waals surface area contributed by atoms with E-state index in [1.54, 1.807) is 36.4 Å². The number of aromatic hydroxyl groups is 1.